The standard InChI is InChI=1S/C14H13F2N5/c1-21-12(17)7-5-6-10(19-13(7)20-14(21)18)11-8(15)3-2-4-9(11)16/h2-6,12H,17H2,1H3,(H2,18,19,20). The maximum Gasteiger partial charge on any atom is 0.199 e. The number of fused-ring (bicyclic) bond motifs is 1. The molecule has 108 valence electrons. The quantitative estimate of drug-likeness (QED) is 0.840. The molecule has 4 N–H and O–H groups in total. The summed E-state index contributed by atoms with van der Waals surface area (Å²) in [5.41, 5.74) is 12.3. The van der Waals surface area contributed by atoms with Crippen molar-refractivity contribution in [3.05, 3.63) is 47.5 Å². The molecule has 1 aliphatic heterocycles. The zero-order chi connectivity index (χ0) is 15.1. The van der Waals surface area contributed by atoms with Crippen LogP contribution in [-0.2, 0) is 0 Å². The summed E-state index contributed by atoms with van der Waals surface area (Å²) < 4.78 is 27.6. The van der Waals surface area contributed by atoms with Crippen molar-refractivity contribution in [3.8, 4) is 11.3 Å². The number of pyridine rings is 1. The van der Waals surface area contributed by atoms with Crippen molar-refractivity contribution >= 4 is 11.8 Å². The maximum atomic E-state index is 13.8. The number of hydrogen-bond donors (Lipinski definition) is 2. The van der Waals surface area contributed by atoms with E-state index in [0.717, 1.165) is 0 Å². The summed E-state index contributed by atoms with van der Waals surface area (Å²) in [6.07, 6.45) is -0.496. The van der Waals surface area contributed by atoms with Gasteiger partial charge in [-0.1, -0.05) is 6.07 Å². The normalized spacial score (nSPS) is 17.4. The first kappa shape index (κ1) is 13.4. The zero-order valence-corrected chi connectivity index (χ0v) is 11.2. The SMILES string of the molecule is CN1C(N)=Nc2nc(-c3c(F)cccc3F)ccc2C1N. The van der Waals surface area contributed by atoms with Crippen LogP contribution < -0.4 is 11.5 Å². The summed E-state index contributed by atoms with van der Waals surface area (Å²) in [5.74, 6) is -0.889. The van der Waals surface area contributed by atoms with E-state index in [2.05, 4.69) is 9.98 Å². The fourth-order valence-corrected chi connectivity index (χ4v) is 2.20. The smallest absolute Gasteiger partial charge is 0.199 e. The summed E-state index contributed by atoms with van der Waals surface area (Å²) in [4.78, 5) is 9.88. The number of aliphatic imine (C=N–C) groups is 1. The molecule has 7 heteroatoms. The second kappa shape index (κ2) is 4.78. The molecule has 1 atom stereocenters. The van der Waals surface area contributed by atoms with Gasteiger partial charge in [-0.15, -0.1) is 0 Å². The molecule has 1 aliphatic rings. The number of rotatable bonds is 1. The number of aromatic nitrogens is 1. The zero-order valence-electron chi connectivity index (χ0n) is 11.2. The molecule has 1 aromatic heterocycles. The van der Waals surface area contributed by atoms with E-state index in [1.165, 1.54) is 24.3 Å². The van der Waals surface area contributed by atoms with Crippen LogP contribution in [0, 0.1) is 11.6 Å². The lowest BCUT2D eigenvalue weighted by Crippen LogP contribution is -2.43. The number of nitrogens with two attached hydrogens (primary N) is 2. The minimum Gasteiger partial charge on any atom is -0.369 e. The van der Waals surface area contributed by atoms with E-state index in [9.17, 15) is 8.78 Å². The highest BCUT2D eigenvalue weighted by Crippen LogP contribution is 2.32. The van der Waals surface area contributed by atoms with Gasteiger partial charge >= 0.3 is 0 Å². The molecule has 0 bridgehead atoms. The van der Waals surface area contributed by atoms with Gasteiger partial charge in [-0.25, -0.2) is 13.8 Å². The first-order valence-electron chi connectivity index (χ1n) is 6.27. The summed E-state index contributed by atoms with van der Waals surface area (Å²) in [6.45, 7) is 0. The van der Waals surface area contributed by atoms with E-state index >= 15 is 0 Å². The second-order valence-corrected chi connectivity index (χ2v) is 4.73. The van der Waals surface area contributed by atoms with Crippen molar-refractivity contribution in [1.29, 1.82) is 0 Å². The van der Waals surface area contributed by atoms with Gasteiger partial charge in [0, 0.05) is 12.6 Å². The third-order valence-corrected chi connectivity index (χ3v) is 3.44. The molecular formula is C14H13F2N5. The molecule has 0 saturated heterocycles. The van der Waals surface area contributed by atoms with Crippen molar-refractivity contribution in [2.24, 2.45) is 16.5 Å². The van der Waals surface area contributed by atoms with Crippen LogP contribution in [0.4, 0.5) is 14.6 Å². The highest BCUT2D eigenvalue weighted by molar-refractivity contribution is 5.83. The van der Waals surface area contributed by atoms with Crippen LogP contribution >= 0.6 is 0 Å². The van der Waals surface area contributed by atoms with Gasteiger partial charge in [-0.05, 0) is 24.3 Å². The first-order chi connectivity index (χ1) is 9.99. The monoisotopic (exact) mass is 289 g/mol. The average Bonchev–Trinajstić information content (AvgIpc) is 2.44. The Balaban J connectivity index is 2.17. The van der Waals surface area contributed by atoms with Crippen LogP contribution in [-0.4, -0.2) is 22.9 Å². The van der Waals surface area contributed by atoms with Crippen molar-refractivity contribution < 1.29 is 8.78 Å². The Bertz CT molecular complexity index is 724. The van der Waals surface area contributed by atoms with E-state index in [4.69, 9.17) is 11.5 Å². The number of benzene rings is 1. The largest absolute Gasteiger partial charge is 0.369 e. The van der Waals surface area contributed by atoms with Crippen molar-refractivity contribution in [3.63, 3.8) is 0 Å². The van der Waals surface area contributed by atoms with Gasteiger partial charge in [0.25, 0.3) is 0 Å². The fraction of sp³-hybridized carbons (Fsp3) is 0.143. The van der Waals surface area contributed by atoms with Gasteiger partial charge < -0.3 is 16.4 Å². The average molecular weight is 289 g/mol. The molecule has 1 unspecified atom stereocenters. The lowest BCUT2D eigenvalue weighted by atomic mass is 10.1. The molecule has 0 aliphatic carbocycles. The van der Waals surface area contributed by atoms with Gasteiger partial charge in [0.05, 0.1) is 11.3 Å². The topological polar surface area (TPSA) is 80.5 Å². The molecule has 0 radical (unpaired) electrons. The minimum absolute atomic E-state index is 0.151. The molecule has 21 heavy (non-hydrogen) atoms. The third-order valence-electron chi connectivity index (χ3n) is 3.44. The summed E-state index contributed by atoms with van der Waals surface area (Å²) in [5, 5.41) is 0. The Morgan fingerprint density at radius 1 is 1.14 bits per heavy atom. The van der Waals surface area contributed by atoms with E-state index in [0.29, 0.717) is 5.56 Å². The second-order valence-electron chi connectivity index (χ2n) is 4.73. The molecule has 1 aromatic carbocycles. The maximum absolute atomic E-state index is 13.8. The number of hydrogen-bond acceptors (Lipinski definition) is 5. The molecular weight excluding hydrogens is 276 g/mol. The van der Waals surface area contributed by atoms with Crippen LogP contribution in [0.3, 0.4) is 0 Å². The van der Waals surface area contributed by atoms with E-state index in [1.54, 1.807) is 18.0 Å². The highest BCUT2D eigenvalue weighted by atomic mass is 19.1. The Labute approximate surface area is 119 Å². The number of nitrogens with zero attached hydrogens (tertiary/aromatic N) is 3. The summed E-state index contributed by atoms with van der Waals surface area (Å²) in [6, 6.07) is 6.83. The van der Waals surface area contributed by atoms with Gasteiger partial charge in [0.2, 0.25) is 0 Å². The number of halogens is 2. The van der Waals surface area contributed by atoms with E-state index in [1.807, 2.05) is 0 Å². The molecule has 2 aromatic rings. The lowest BCUT2D eigenvalue weighted by Gasteiger charge is -2.30. The summed E-state index contributed by atoms with van der Waals surface area (Å²) >= 11 is 0. The van der Waals surface area contributed by atoms with Gasteiger partial charge in [0.15, 0.2) is 11.8 Å². The predicted octanol–water partition coefficient (Wildman–Crippen LogP) is 1.88. The molecule has 5 nitrogen and oxygen atoms in total. The first-order valence-corrected chi connectivity index (χ1v) is 6.27. The predicted molar refractivity (Wildman–Crippen MR) is 75.6 cm³/mol. The van der Waals surface area contributed by atoms with E-state index in [-0.39, 0.29) is 23.0 Å². The van der Waals surface area contributed by atoms with Crippen molar-refractivity contribution in [2.45, 2.75) is 6.17 Å². The van der Waals surface area contributed by atoms with Crippen LogP contribution in [0.15, 0.2) is 35.3 Å². The lowest BCUT2D eigenvalue weighted by molar-refractivity contribution is 0.374. The molecule has 0 saturated carbocycles. The Hall–Kier alpha value is -2.54. The van der Waals surface area contributed by atoms with Gasteiger partial charge in [-0.2, -0.15) is 4.99 Å². The molecule has 0 fully saturated rings. The fourth-order valence-electron chi connectivity index (χ4n) is 2.20. The van der Waals surface area contributed by atoms with E-state index < -0.39 is 17.8 Å². The minimum atomic E-state index is -0.684. The highest BCUT2D eigenvalue weighted by Gasteiger charge is 2.24. The van der Waals surface area contributed by atoms with Crippen molar-refractivity contribution in [2.75, 3.05) is 7.05 Å². The molecule has 0 amide bonds. The number of guanidine groups is 1. The van der Waals surface area contributed by atoms with Gasteiger partial charge in [-0.3, -0.25) is 0 Å². The van der Waals surface area contributed by atoms with Crippen LogP contribution in [0.5, 0.6) is 0 Å². The third kappa shape index (κ3) is 2.11. The van der Waals surface area contributed by atoms with Crippen LogP contribution in [0.25, 0.3) is 11.3 Å². The Morgan fingerprint density at radius 3 is 2.48 bits per heavy atom. The molecule has 2 heterocycles. The Kier molecular flexibility index (Phi) is 3.06. The Morgan fingerprint density at radius 2 is 1.81 bits per heavy atom. The van der Waals surface area contributed by atoms with Crippen LogP contribution in [0.1, 0.15) is 11.7 Å². The summed E-state index contributed by atoms with van der Waals surface area (Å²) in [7, 11) is 1.71. The van der Waals surface area contributed by atoms with Crippen molar-refractivity contribution in [1.82, 2.24) is 9.88 Å². The molecule has 0 spiro atoms. The van der Waals surface area contributed by atoms with Gasteiger partial charge in [0.1, 0.15) is 17.8 Å². The molecule has 3 rings (SSSR count). The van der Waals surface area contributed by atoms with Crippen LogP contribution in [0.2, 0.25) is 0 Å².